The molecule has 0 spiro atoms. The lowest BCUT2D eigenvalue weighted by Gasteiger charge is -2.19. The fourth-order valence-corrected chi connectivity index (χ4v) is 2.22. The number of rotatable bonds is 5. The summed E-state index contributed by atoms with van der Waals surface area (Å²) in [4.78, 5) is 36.0. The lowest BCUT2D eigenvalue weighted by Crippen LogP contribution is -2.30. The second-order valence-corrected chi connectivity index (χ2v) is 7.37. The maximum absolute atomic E-state index is 13.6. The number of halogens is 2. The van der Waals surface area contributed by atoms with E-state index in [0.717, 1.165) is 12.1 Å². The zero-order valence-electron chi connectivity index (χ0n) is 16.9. The van der Waals surface area contributed by atoms with Crippen molar-refractivity contribution >= 4 is 29.3 Å². The van der Waals surface area contributed by atoms with Gasteiger partial charge < -0.3 is 14.8 Å². The molecule has 0 saturated carbocycles. The zero-order chi connectivity index (χ0) is 22.5. The summed E-state index contributed by atoms with van der Waals surface area (Å²) in [6.45, 7) is 6.50. The molecule has 2 aromatic rings. The molecule has 0 bridgehead atoms. The number of nitrogens with one attached hydrogen (secondary N) is 2. The SMILES string of the molecule is C[C@@H](OC(=O)c1ccc(NC(=O)OC(C)(C)C)cc1)C(=O)Nc1ccc(F)cc1F. The third-order valence-corrected chi connectivity index (χ3v) is 3.61. The topological polar surface area (TPSA) is 93.7 Å². The Morgan fingerprint density at radius 1 is 0.967 bits per heavy atom. The van der Waals surface area contributed by atoms with Crippen molar-refractivity contribution in [2.45, 2.75) is 39.4 Å². The monoisotopic (exact) mass is 420 g/mol. The van der Waals surface area contributed by atoms with Crippen LogP contribution in [0.5, 0.6) is 0 Å². The van der Waals surface area contributed by atoms with Crippen molar-refractivity contribution in [1.29, 1.82) is 0 Å². The van der Waals surface area contributed by atoms with Crippen molar-refractivity contribution in [3.05, 3.63) is 59.7 Å². The molecule has 1 atom stereocenters. The van der Waals surface area contributed by atoms with Crippen LogP contribution in [0.3, 0.4) is 0 Å². The maximum Gasteiger partial charge on any atom is 0.412 e. The first kappa shape index (κ1) is 22.8. The second-order valence-electron chi connectivity index (χ2n) is 7.37. The molecule has 2 amide bonds. The molecule has 0 heterocycles. The van der Waals surface area contributed by atoms with Gasteiger partial charge in [0.05, 0.1) is 11.3 Å². The lowest BCUT2D eigenvalue weighted by atomic mass is 10.2. The summed E-state index contributed by atoms with van der Waals surface area (Å²) in [5.74, 6) is -3.30. The molecular weight excluding hydrogens is 398 g/mol. The van der Waals surface area contributed by atoms with E-state index in [1.807, 2.05) is 0 Å². The summed E-state index contributed by atoms with van der Waals surface area (Å²) in [6.07, 6.45) is -1.88. The lowest BCUT2D eigenvalue weighted by molar-refractivity contribution is -0.123. The van der Waals surface area contributed by atoms with E-state index in [2.05, 4.69) is 10.6 Å². The summed E-state index contributed by atoms with van der Waals surface area (Å²) in [5.41, 5.74) is -0.348. The van der Waals surface area contributed by atoms with E-state index in [1.54, 1.807) is 20.8 Å². The third kappa shape index (κ3) is 6.84. The number of carbonyl (C=O) groups excluding carboxylic acids is 3. The minimum absolute atomic E-state index is 0.136. The first-order valence-corrected chi connectivity index (χ1v) is 9.01. The van der Waals surface area contributed by atoms with E-state index < -0.39 is 41.3 Å². The van der Waals surface area contributed by atoms with Crippen LogP contribution in [0.1, 0.15) is 38.1 Å². The number of hydrogen-bond donors (Lipinski definition) is 2. The van der Waals surface area contributed by atoms with Crippen LogP contribution >= 0.6 is 0 Å². The van der Waals surface area contributed by atoms with Crippen LogP contribution in [0, 0.1) is 11.6 Å². The van der Waals surface area contributed by atoms with Gasteiger partial charge in [0.1, 0.15) is 17.2 Å². The Balaban J connectivity index is 1.93. The average Bonchev–Trinajstić information content (AvgIpc) is 2.62. The fraction of sp³-hybridized carbons (Fsp3) is 0.286. The van der Waals surface area contributed by atoms with Gasteiger partial charge in [0.25, 0.3) is 5.91 Å². The number of anilines is 2. The number of carbonyl (C=O) groups is 3. The van der Waals surface area contributed by atoms with Crippen LogP contribution in [0.2, 0.25) is 0 Å². The molecule has 7 nitrogen and oxygen atoms in total. The first-order chi connectivity index (χ1) is 13.9. The molecule has 30 heavy (non-hydrogen) atoms. The fourth-order valence-electron chi connectivity index (χ4n) is 2.22. The molecule has 160 valence electrons. The highest BCUT2D eigenvalue weighted by atomic mass is 19.1. The van der Waals surface area contributed by atoms with Gasteiger partial charge in [-0.25, -0.2) is 18.4 Å². The van der Waals surface area contributed by atoms with Gasteiger partial charge in [0.2, 0.25) is 0 Å². The Labute approximate surface area is 172 Å². The summed E-state index contributed by atoms with van der Waals surface area (Å²) >= 11 is 0. The summed E-state index contributed by atoms with van der Waals surface area (Å²) in [6, 6.07) is 8.42. The molecule has 0 radical (unpaired) electrons. The number of amides is 2. The maximum atomic E-state index is 13.6. The van der Waals surface area contributed by atoms with Crippen LogP contribution in [0.15, 0.2) is 42.5 Å². The third-order valence-electron chi connectivity index (χ3n) is 3.61. The van der Waals surface area contributed by atoms with Crippen LogP contribution in [-0.4, -0.2) is 29.7 Å². The van der Waals surface area contributed by atoms with Gasteiger partial charge in [-0.1, -0.05) is 0 Å². The van der Waals surface area contributed by atoms with E-state index in [0.29, 0.717) is 11.8 Å². The summed E-state index contributed by atoms with van der Waals surface area (Å²) in [7, 11) is 0. The number of hydrogen-bond acceptors (Lipinski definition) is 5. The predicted molar refractivity (Wildman–Crippen MR) is 106 cm³/mol. The van der Waals surface area contributed by atoms with Gasteiger partial charge in [0, 0.05) is 11.8 Å². The molecule has 0 aliphatic heterocycles. The van der Waals surface area contributed by atoms with E-state index in [9.17, 15) is 23.2 Å². The predicted octanol–water partition coefficient (Wildman–Crippen LogP) is 4.50. The number of benzene rings is 2. The standard InChI is InChI=1S/C21H22F2N2O5/c1-12(18(26)25-17-10-7-14(22)11-16(17)23)29-19(27)13-5-8-15(9-6-13)24-20(28)30-21(2,3)4/h5-12H,1-4H3,(H,24,28)(H,25,26)/t12-/m1/s1. The van der Waals surface area contributed by atoms with Gasteiger partial charge >= 0.3 is 12.1 Å². The molecular formula is C21H22F2N2O5. The van der Waals surface area contributed by atoms with Crippen molar-refractivity contribution in [3.8, 4) is 0 Å². The molecule has 0 saturated heterocycles. The number of esters is 1. The summed E-state index contributed by atoms with van der Waals surface area (Å²) in [5, 5.41) is 4.74. The van der Waals surface area contributed by atoms with Gasteiger partial charge in [-0.2, -0.15) is 0 Å². The Hall–Kier alpha value is -3.49. The second kappa shape index (κ2) is 9.34. The molecule has 2 N–H and O–H groups in total. The Morgan fingerprint density at radius 3 is 2.17 bits per heavy atom. The van der Waals surface area contributed by atoms with Crippen molar-refractivity contribution in [1.82, 2.24) is 0 Å². The number of ether oxygens (including phenoxy) is 2. The van der Waals surface area contributed by atoms with Crippen molar-refractivity contribution in [2.24, 2.45) is 0 Å². The zero-order valence-corrected chi connectivity index (χ0v) is 16.9. The average molecular weight is 420 g/mol. The molecule has 9 heteroatoms. The molecule has 0 aromatic heterocycles. The van der Waals surface area contributed by atoms with E-state index in [1.165, 1.54) is 31.2 Å². The normalized spacial score (nSPS) is 11.9. The largest absolute Gasteiger partial charge is 0.449 e. The van der Waals surface area contributed by atoms with Crippen molar-refractivity contribution < 1.29 is 32.6 Å². The highest BCUT2D eigenvalue weighted by molar-refractivity contribution is 5.97. The van der Waals surface area contributed by atoms with Crippen LogP contribution in [0.25, 0.3) is 0 Å². The van der Waals surface area contributed by atoms with Crippen molar-refractivity contribution in [3.63, 3.8) is 0 Å². The molecule has 2 rings (SSSR count). The summed E-state index contributed by atoms with van der Waals surface area (Å²) < 4.78 is 36.7. The van der Waals surface area contributed by atoms with Gasteiger partial charge in [0.15, 0.2) is 6.10 Å². The molecule has 0 aliphatic carbocycles. The Kier molecular flexibility index (Phi) is 7.10. The molecule has 0 fully saturated rings. The van der Waals surface area contributed by atoms with Gasteiger partial charge in [-0.3, -0.25) is 10.1 Å². The quantitative estimate of drug-likeness (QED) is 0.695. The van der Waals surface area contributed by atoms with E-state index in [-0.39, 0.29) is 11.3 Å². The van der Waals surface area contributed by atoms with Gasteiger partial charge in [-0.05, 0) is 64.1 Å². The first-order valence-electron chi connectivity index (χ1n) is 9.01. The Morgan fingerprint density at radius 2 is 1.60 bits per heavy atom. The van der Waals surface area contributed by atoms with Crippen molar-refractivity contribution in [2.75, 3.05) is 10.6 Å². The molecule has 2 aromatic carbocycles. The molecule has 0 aliphatic rings. The van der Waals surface area contributed by atoms with Crippen LogP contribution in [0.4, 0.5) is 25.0 Å². The Bertz CT molecular complexity index is 939. The highest BCUT2D eigenvalue weighted by Gasteiger charge is 2.21. The van der Waals surface area contributed by atoms with E-state index in [4.69, 9.17) is 9.47 Å². The van der Waals surface area contributed by atoms with Gasteiger partial charge in [-0.15, -0.1) is 0 Å². The smallest absolute Gasteiger partial charge is 0.412 e. The van der Waals surface area contributed by atoms with Crippen LogP contribution < -0.4 is 10.6 Å². The minimum atomic E-state index is -1.23. The van der Waals surface area contributed by atoms with E-state index >= 15 is 0 Å². The van der Waals surface area contributed by atoms with Crippen LogP contribution in [-0.2, 0) is 14.3 Å². The highest BCUT2D eigenvalue weighted by Crippen LogP contribution is 2.17. The molecule has 0 unspecified atom stereocenters. The minimum Gasteiger partial charge on any atom is -0.449 e.